The Labute approximate surface area is 111 Å². The van der Waals surface area contributed by atoms with Crippen LogP contribution in [0.3, 0.4) is 0 Å². The molecule has 1 atom stereocenters. The highest BCUT2D eigenvalue weighted by molar-refractivity contribution is 5.15. The maximum atomic E-state index is 5.97. The molecule has 3 heteroatoms. The van der Waals surface area contributed by atoms with E-state index in [2.05, 4.69) is 54.2 Å². The second-order valence-corrected chi connectivity index (χ2v) is 5.58. The van der Waals surface area contributed by atoms with E-state index in [0.717, 1.165) is 26.1 Å². The Morgan fingerprint density at radius 2 is 2.00 bits per heavy atom. The number of likely N-dealkylation sites (N-methyl/N-ethyl adjacent to an activating group) is 1. The minimum Gasteiger partial charge on any atom is -0.329 e. The summed E-state index contributed by atoms with van der Waals surface area (Å²) in [6.07, 6.45) is 2.32. The molecular weight excluding hydrogens is 222 g/mol. The Morgan fingerprint density at radius 3 is 2.56 bits per heavy atom. The van der Waals surface area contributed by atoms with E-state index >= 15 is 0 Å². The Balaban J connectivity index is 1.86. The van der Waals surface area contributed by atoms with E-state index in [1.807, 2.05) is 0 Å². The molecule has 18 heavy (non-hydrogen) atoms. The molecule has 0 spiro atoms. The van der Waals surface area contributed by atoms with Gasteiger partial charge in [-0.2, -0.15) is 0 Å². The van der Waals surface area contributed by atoms with Crippen LogP contribution in [0.15, 0.2) is 30.3 Å². The van der Waals surface area contributed by atoms with Crippen LogP contribution in [0, 0.1) is 0 Å². The normalized spacial score (nSPS) is 24.9. The fourth-order valence-corrected chi connectivity index (χ4v) is 2.78. The molecule has 1 fully saturated rings. The predicted molar refractivity (Wildman–Crippen MR) is 76.7 cm³/mol. The molecule has 1 saturated heterocycles. The highest BCUT2D eigenvalue weighted by Crippen LogP contribution is 2.25. The Bertz CT molecular complexity index is 363. The summed E-state index contributed by atoms with van der Waals surface area (Å²) in [4.78, 5) is 4.84. The molecule has 1 aliphatic rings. The van der Waals surface area contributed by atoms with Gasteiger partial charge in [0.05, 0.1) is 0 Å². The number of rotatable bonds is 5. The summed E-state index contributed by atoms with van der Waals surface area (Å²) in [5.74, 6) is 0. The fourth-order valence-electron chi connectivity index (χ4n) is 2.78. The maximum absolute atomic E-state index is 5.97. The van der Waals surface area contributed by atoms with Gasteiger partial charge in [0, 0.05) is 31.7 Å². The molecule has 0 aliphatic carbocycles. The third-order valence-corrected chi connectivity index (χ3v) is 4.30. The van der Waals surface area contributed by atoms with Crippen molar-refractivity contribution in [1.29, 1.82) is 0 Å². The molecule has 1 unspecified atom stereocenters. The lowest BCUT2D eigenvalue weighted by Gasteiger charge is -2.35. The Morgan fingerprint density at radius 1 is 1.28 bits per heavy atom. The van der Waals surface area contributed by atoms with E-state index in [1.165, 1.54) is 18.5 Å². The van der Waals surface area contributed by atoms with Gasteiger partial charge >= 0.3 is 0 Å². The van der Waals surface area contributed by atoms with Crippen molar-refractivity contribution in [1.82, 2.24) is 9.80 Å². The van der Waals surface area contributed by atoms with E-state index < -0.39 is 0 Å². The number of nitrogens with zero attached hydrogens (tertiary/aromatic N) is 2. The topological polar surface area (TPSA) is 32.5 Å². The molecule has 2 N–H and O–H groups in total. The molecule has 1 aromatic carbocycles. The highest BCUT2D eigenvalue weighted by Gasteiger charge is 2.38. The van der Waals surface area contributed by atoms with Gasteiger partial charge in [0.2, 0.25) is 0 Å². The maximum Gasteiger partial charge on any atom is 0.0464 e. The molecular formula is C15H25N3. The summed E-state index contributed by atoms with van der Waals surface area (Å²) in [6, 6.07) is 10.7. The summed E-state index contributed by atoms with van der Waals surface area (Å²) in [5.41, 5.74) is 7.59. The molecule has 2 rings (SSSR count). The molecule has 1 heterocycles. The molecule has 1 aliphatic heterocycles. The quantitative estimate of drug-likeness (QED) is 0.848. The van der Waals surface area contributed by atoms with Gasteiger partial charge in [0.15, 0.2) is 0 Å². The average Bonchev–Trinajstić information content (AvgIpc) is 2.83. The van der Waals surface area contributed by atoms with Crippen LogP contribution in [-0.2, 0) is 6.42 Å². The van der Waals surface area contributed by atoms with Crippen LogP contribution in [0.1, 0.15) is 12.0 Å². The molecule has 0 saturated carbocycles. The number of hydrogen-bond acceptors (Lipinski definition) is 3. The lowest BCUT2D eigenvalue weighted by Crippen LogP contribution is -2.52. The van der Waals surface area contributed by atoms with E-state index in [4.69, 9.17) is 5.73 Å². The summed E-state index contributed by atoms with van der Waals surface area (Å²) in [5, 5.41) is 0. The number of hydrogen-bond donors (Lipinski definition) is 1. The Hall–Kier alpha value is -0.900. The standard InChI is InChI=1S/C15H25N3/c1-17(2)15(12-16)9-11-18(13-15)10-8-14-6-4-3-5-7-14/h3-7H,8-13,16H2,1-2H3. The van der Waals surface area contributed by atoms with Crippen molar-refractivity contribution in [3.05, 3.63) is 35.9 Å². The van der Waals surface area contributed by atoms with Gasteiger partial charge in [0.25, 0.3) is 0 Å². The van der Waals surface area contributed by atoms with Crippen molar-refractivity contribution in [3.63, 3.8) is 0 Å². The number of nitrogens with two attached hydrogens (primary N) is 1. The monoisotopic (exact) mass is 247 g/mol. The van der Waals surface area contributed by atoms with Crippen molar-refractivity contribution in [2.45, 2.75) is 18.4 Å². The van der Waals surface area contributed by atoms with Crippen molar-refractivity contribution in [2.24, 2.45) is 5.73 Å². The van der Waals surface area contributed by atoms with Gasteiger partial charge in [-0.05, 0) is 32.5 Å². The summed E-state index contributed by atoms with van der Waals surface area (Å²) >= 11 is 0. The van der Waals surface area contributed by atoms with E-state index in [9.17, 15) is 0 Å². The van der Waals surface area contributed by atoms with Crippen LogP contribution in [-0.4, -0.2) is 55.6 Å². The molecule has 0 bridgehead atoms. The first-order valence-corrected chi connectivity index (χ1v) is 6.80. The van der Waals surface area contributed by atoms with Crippen LogP contribution in [0.4, 0.5) is 0 Å². The van der Waals surface area contributed by atoms with Crippen molar-refractivity contribution < 1.29 is 0 Å². The summed E-state index contributed by atoms with van der Waals surface area (Å²) in [6.45, 7) is 4.16. The third-order valence-electron chi connectivity index (χ3n) is 4.30. The highest BCUT2D eigenvalue weighted by atomic mass is 15.3. The van der Waals surface area contributed by atoms with E-state index in [1.54, 1.807) is 0 Å². The van der Waals surface area contributed by atoms with Crippen LogP contribution < -0.4 is 5.73 Å². The summed E-state index contributed by atoms with van der Waals surface area (Å²) in [7, 11) is 4.29. The number of benzene rings is 1. The smallest absolute Gasteiger partial charge is 0.0464 e. The Kier molecular flexibility index (Phi) is 4.38. The zero-order valence-electron chi connectivity index (χ0n) is 11.6. The SMILES string of the molecule is CN(C)C1(CN)CCN(CCc2ccccc2)C1. The number of likely N-dealkylation sites (tertiary alicyclic amines) is 1. The zero-order valence-corrected chi connectivity index (χ0v) is 11.6. The second kappa shape index (κ2) is 5.83. The largest absolute Gasteiger partial charge is 0.329 e. The third kappa shape index (κ3) is 2.91. The van der Waals surface area contributed by atoms with E-state index in [0.29, 0.717) is 0 Å². The van der Waals surface area contributed by atoms with Crippen molar-refractivity contribution in [2.75, 3.05) is 40.3 Å². The van der Waals surface area contributed by atoms with Crippen molar-refractivity contribution >= 4 is 0 Å². The first kappa shape index (κ1) is 13.5. The summed E-state index contributed by atoms with van der Waals surface area (Å²) < 4.78 is 0. The first-order valence-electron chi connectivity index (χ1n) is 6.80. The molecule has 0 radical (unpaired) electrons. The van der Waals surface area contributed by atoms with Crippen LogP contribution in [0.25, 0.3) is 0 Å². The lowest BCUT2D eigenvalue weighted by atomic mass is 9.97. The zero-order chi connectivity index (χ0) is 13.0. The minimum absolute atomic E-state index is 0.191. The van der Waals surface area contributed by atoms with Gasteiger partial charge < -0.3 is 15.5 Å². The average molecular weight is 247 g/mol. The van der Waals surface area contributed by atoms with Gasteiger partial charge in [-0.25, -0.2) is 0 Å². The molecule has 0 amide bonds. The molecule has 3 nitrogen and oxygen atoms in total. The van der Waals surface area contributed by atoms with Gasteiger partial charge in [-0.15, -0.1) is 0 Å². The fraction of sp³-hybridized carbons (Fsp3) is 0.600. The van der Waals surface area contributed by atoms with Crippen LogP contribution >= 0.6 is 0 Å². The van der Waals surface area contributed by atoms with Crippen LogP contribution in [0.5, 0.6) is 0 Å². The molecule has 1 aromatic rings. The van der Waals surface area contributed by atoms with E-state index in [-0.39, 0.29) is 5.54 Å². The van der Waals surface area contributed by atoms with Gasteiger partial charge in [-0.3, -0.25) is 0 Å². The molecule has 100 valence electrons. The lowest BCUT2D eigenvalue weighted by molar-refractivity contribution is 0.161. The first-order chi connectivity index (χ1) is 8.66. The second-order valence-electron chi connectivity index (χ2n) is 5.58. The molecule has 0 aromatic heterocycles. The minimum atomic E-state index is 0.191. The van der Waals surface area contributed by atoms with Crippen LogP contribution in [0.2, 0.25) is 0 Å². The van der Waals surface area contributed by atoms with Gasteiger partial charge in [-0.1, -0.05) is 30.3 Å². The predicted octanol–water partition coefficient (Wildman–Crippen LogP) is 1.19. The van der Waals surface area contributed by atoms with Crippen molar-refractivity contribution in [3.8, 4) is 0 Å². The van der Waals surface area contributed by atoms with Gasteiger partial charge in [0.1, 0.15) is 0 Å².